The number of aryl methyl sites for hydroxylation is 1. The van der Waals surface area contributed by atoms with E-state index in [1.807, 2.05) is 31.2 Å². The number of thioether (sulfide) groups is 1. The minimum atomic E-state index is -0.320. The molecule has 122 valence electrons. The molecule has 0 radical (unpaired) electrons. The highest BCUT2D eigenvalue weighted by molar-refractivity contribution is 9.10. The third-order valence-electron chi connectivity index (χ3n) is 3.48. The fraction of sp³-hybridized carbons (Fsp3) is 0.111. The number of rotatable bonds is 4. The van der Waals surface area contributed by atoms with Gasteiger partial charge in [-0.25, -0.2) is 0 Å². The SMILES string of the molecule is C=CCN1C(=O)S/C(=C\c2ccc(-c3ccc(C)cc3Br)o2)C1=O. The Hall–Kier alpha value is -2.05. The first-order valence-corrected chi connectivity index (χ1v) is 8.83. The van der Waals surface area contributed by atoms with E-state index < -0.39 is 0 Å². The van der Waals surface area contributed by atoms with Crippen molar-refractivity contribution in [2.24, 2.45) is 0 Å². The third-order valence-corrected chi connectivity index (χ3v) is 5.04. The van der Waals surface area contributed by atoms with E-state index in [-0.39, 0.29) is 17.7 Å². The molecule has 0 bridgehead atoms. The Kier molecular flexibility index (Phi) is 4.78. The van der Waals surface area contributed by atoms with Crippen molar-refractivity contribution in [1.29, 1.82) is 0 Å². The van der Waals surface area contributed by atoms with Gasteiger partial charge in [0.05, 0.1) is 4.91 Å². The van der Waals surface area contributed by atoms with Gasteiger partial charge in [-0.15, -0.1) is 6.58 Å². The number of nitrogens with zero attached hydrogens (tertiary/aromatic N) is 1. The average Bonchev–Trinajstić information content (AvgIpc) is 3.08. The van der Waals surface area contributed by atoms with Gasteiger partial charge < -0.3 is 4.42 Å². The summed E-state index contributed by atoms with van der Waals surface area (Å²) in [5, 5.41) is -0.292. The van der Waals surface area contributed by atoms with Crippen LogP contribution in [0.2, 0.25) is 0 Å². The molecule has 1 aromatic heterocycles. The molecule has 1 aliphatic rings. The molecule has 3 rings (SSSR count). The minimum Gasteiger partial charge on any atom is -0.457 e. The second-order valence-corrected chi connectivity index (χ2v) is 7.11. The highest BCUT2D eigenvalue weighted by Crippen LogP contribution is 2.34. The zero-order valence-electron chi connectivity index (χ0n) is 12.9. The number of amides is 2. The molecule has 1 fully saturated rings. The maximum absolute atomic E-state index is 12.2. The molecule has 0 saturated carbocycles. The first kappa shape index (κ1) is 16.8. The molecule has 4 nitrogen and oxygen atoms in total. The molecule has 24 heavy (non-hydrogen) atoms. The lowest BCUT2D eigenvalue weighted by molar-refractivity contribution is -0.122. The molecule has 6 heteroatoms. The van der Waals surface area contributed by atoms with E-state index >= 15 is 0 Å². The Morgan fingerprint density at radius 3 is 2.79 bits per heavy atom. The molecule has 0 unspecified atom stereocenters. The third kappa shape index (κ3) is 3.25. The van der Waals surface area contributed by atoms with E-state index in [4.69, 9.17) is 4.42 Å². The molecule has 2 aromatic rings. The zero-order chi connectivity index (χ0) is 17.3. The lowest BCUT2D eigenvalue weighted by Gasteiger charge is -2.07. The predicted octanol–water partition coefficient (Wildman–Crippen LogP) is 5.24. The van der Waals surface area contributed by atoms with Crippen molar-refractivity contribution in [2.45, 2.75) is 6.92 Å². The summed E-state index contributed by atoms with van der Waals surface area (Å²) in [6, 6.07) is 9.61. The first-order chi connectivity index (χ1) is 11.5. The largest absolute Gasteiger partial charge is 0.457 e. The van der Waals surface area contributed by atoms with Gasteiger partial charge in [0.15, 0.2) is 0 Å². The molecular formula is C18H14BrNO3S. The standard InChI is InChI=1S/C18H14BrNO3S/c1-3-8-20-17(21)16(24-18(20)22)10-12-5-7-15(23-12)13-6-4-11(2)9-14(13)19/h3-7,9-10H,1,8H2,2H3/b16-10-. The van der Waals surface area contributed by atoms with E-state index in [1.54, 1.807) is 12.1 Å². The van der Waals surface area contributed by atoms with Gasteiger partial charge in [-0.1, -0.05) is 28.1 Å². The number of hydrogen-bond acceptors (Lipinski definition) is 4. The van der Waals surface area contributed by atoms with Gasteiger partial charge in [-0.3, -0.25) is 14.5 Å². The van der Waals surface area contributed by atoms with Crippen molar-refractivity contribution < 1.29 is 14.0 Å². The van der Waals surface area contributed by atoms with Crippen LogP contribution >= 0.6 is 27.7 Å². The van der Waals surface area contributed by atoms with Crippen molar-refractivity contribution in [3.8, 4) is 11.3 Å². The molecule has 0 spiro atoms. The second kappa shape index (κ2) is 6.83. The summed E-state index contributed by atoms with van der Waals surface area (Å²) in [6.45, 7) is 5.78. The number of hydrogen-bond donors (Lipinski definition) is 0. The molecule has 2 heterocycles. The van der Waals surface area contributed by atoms with Gasteiger partial charge in [0.1, 0.15) is 11.5 Å². The molecule has 0 atom stereocenters. The van der Waals surface area contributed by atoms with Crippen LogP contribution in [0.4, 0.5) is 4.79 Å². The highest BCUT2D eigenvalue weighted by atomic mass is 79.9. The van der Waals surface area contributed by atoms with E-state index in [2.05, 4.69) is 22.5 Å². The number of furan rings is 1. The lowest BCUT2D eigenvalue weighted by Crippen LogP contribution is -2.27. The highest BCUT2D eigenvalue weighted by Gasteiger charge is 2.34. The van der Waals surface area contributed by atoms with Crippen LogP contribution in [0.3, 0.4) is 0 Å². The van der Waals surface area contributed by atoms with Crippen molar-refractivity contribution in [1.82, 2.24) is 4.90 Å². The summed E-state index contributed by atoms with van der Waals surface area (Å²) < 4.78 is 6.75. The van der Waals surface area contributed by atoms with Crippen LogP contribution in [0.5, 0.6) is 0 Å². The fourth-order valence-corrected chi connectivity index (χ4v) is 3.83. The summed E-state index contributed by atoms with van der Waals surface area (Å²) in [6.07, 6.45) is 3.12. The number of carbonyl (C=O) groups is 2. The maximum Gasteiger partial charge on any atom is 0.293 e. The van der Waals surface area contributed by atoms with Crippen LogP contribution in [0.25, 0.3) is 17.4 Å². The quantitative estimate of drug-likeness (QED) is 0.517. The van der Waals surface area contributed by atoms with Gasteiger partial charge >= 0.3 is 0 Å². The van der Waals surface area contributed by atoms with Crippen molar-refractivity contribution in [3.05, 3.63) is 63.7 Å². The summed E-state index contributed by atoms with van der Waals surface area (Å²) in [7, 11) is 0. The summed E-state index contributed by atoms with van der Waals surface area (Å²) >= 11 is 4.44. The second-order valence-electron chi connectivity index (χ2n) is 5.27. The average molecular weight is 404 g/mol. The van der Waals surface area contributed by atoms with Crippen LogP contribution in [-0.2, 0) is 4.79 Å². The maximum atomic E-state index is 12.2. The summed E-state index contributed by atoms with van der Waals surface area (Å²) in [5.41, 5.74) is 2.08. The van der Waals surface area contributed by atoms with Gasteiger partial charge in [0, 0.05) is 22.7 Å². The number of carbonyl (C=O) groups excluding carboxylic acids is 2. The number of imide groups is 1. The van der Waals surface area contributed by atoms with E-state index in [0.717, 1.165) is 32.3 Å². The van der Waals surface area contributed by atoms with Crippen molar-refractivity contribution in [2.75, 3.05) is 6.54 Å². The van der Waals surface area contributed by atoms with E-state index in [1.165, 1.54) is 6.08 Å². The van der Waals surface area contributed by atoms with Crippen LogP contribution in [0, 0.1) is 6.92 Å². The van der Waals surface area contributed by atoms with Gasteiger partial charge in [0.25, 0.3) is 11.1 Å². The van der Waals surface area contributed by atoms with Gasteiger partial charge in [-0.05, 0) is 48.5 Å². The Morgan fingerprint density at radius 2 is 2.08 bits per heavy atom. The van der Waals surface area contributed by atoms with Crippen LogP contribution < -0.4 is 0 Å². The van der Waals surface area contributed by atoms with Crippen LogP contribution in [0.15, 0.2) is 56.8 Å². The van der Waals surface area contributed by atoms with Crippen LogP contribution in [-0.4, -0.2) is 22.6 Å². The molecule has 0 N–H and O–H groups in total. The minimum absolute atomic E-state index is 0.210. The Bertz CT molecular complexity index is 869. The Balaban J connectivity index is 1.88. The smallest absolute Gasteiger partial charge is 0.293 e. The monoisotopic (exact) mass is 403 g/mol. The molecule has 1 aromatic carbocycles. The molecule has 0 aliphatic carbocycles. The Labute approximate surface area is 152 Å². The van der Waals surface area contributed by atoms with Crippen molar-refractivity contribution >= 4 is 44.9 Å². The normalized spacial score (nSPS) is 16.2. The number of halogens is 1. The summed E-state index contributed by atoms with van der Waals surface area (Å²) in [4.78, 5) is 25.5. The van der Waals surface area contributed by atoms with Crippen molar-refractivity contribution in [3.63, 3.8) is 0 Å². The lowest BCUT2D eigenvalue weighted by atomic mass is 10.1. The van der Waals surface area contributed by atoms with Gasteiger partial charge in [-0.2, -0.15) is 0 Å². The molecule has 1 saturated heterocycles. The molecular weight excluding hydrogens is 390 g/mol. The zero-order valence-corrected chi connectivity index (χ0v) is 15.3. The fourth-order valence-electron chi connectivity index (χ4n) is 2.31. The molecule has 1 aliphatic heterocycles. The number of benzene rings is 1. The summed E-state index contributed by atoms with van der Waals surface area (Å²) in [5.74, 6) is 0.902. The molecule has 2 amide bonds. The van der Waals surface area contributed by atoms with Gasteiger partial charge in [0.2, 0.25) is 0 Å². The predicted molar refractivity (Wildman–Crippen MR) is 99.5 cm³/mol. The van der Waals surface area contributed by atoms with E-state index in [9.17, 15) is 9.59 Å². The van der Waals surface area contributed by atoms with E-state index in [0.29, 0.717) is 16.4 Å². The van der Waals surface area contributed by atoms with Crippen LogP contribution in [0.1, 0.15) is 11.3 Å². The Morgan fingerprint density at radius 1 is 1.29 bits per heavy atom. The topological polar surface area (TPSA) is 50.5 Å². The first-order valence-electron chi connectivity index (χ1n) is 7.22.